The van der Waals surface area contributed by atoms with Gasteiger partial charge in [-0.3, -0.25) is 9.36 Å². The smallest absolute Gasteiger partial charge is 0.266 e. The molecule has 0 aliphatic carbocycles. The highest BCUT2D eigenvalue weighted by molar-refractivity contribution is 6.32. The molecule has 0 bridgehead atoms. The number of halogens is 1. The van der Waals surface area contributed by atoms with Gasteiger partial charge in [-0.25, -0.2) is 4.98 Å². The summed E-state index contributed by atoms with van der Waals surface area (Å²) in [4.78, 5) is 18.1. The van der Waals surface area contributed by atoms with E-state index in [1.54, 1.807) is 51.7 Å². The average Bonchev–Trinajstić information content (AvgIpc) is 2.82. The quantitative estimate of drug-likeness (QED) is 0.404. The minimum Gasteiger partial charge on any atom is -0.497 e. The molecule has 0 saturated heterocycles. The standard InChI is InChI=1S/C25H21ClN2O4/c1-30-18-10-12-22(31-2)16(14-18)8-13-24-27-21-7-5-4-6-19(21)25(29)28(24)17-9-11-23(32-3)20(26)15-17/h4-15H,1-3H3. The van der Waals surface area contributed by atoms with Gasteiger partial charge in [-0.15, -0.1) is 0 Å². The lowest BCUT2D eigenvalue weighted by Gasteiger charge is -2.13. The van der Waals surface area contributed by atoms with Gasteiger partial charge in [0.15, 0.2) is 0 Å². The van der Waals surface area contributed by atoms with Crippen LogP contribution in [-0.4, -0.2) is 30.9 Å². The van der Waals surface area contributed by atoms with Gasteiger partial charge >= 0.3 is 0 Å². The number of hydrogen-bond donors (Lipinski definition) is 0. The Morgan fingerprint density at radius 3 is 2.34 bits per heavy atom. The molecule has 0 saturated carbocycles. The zero-order valence-electron chi connectivity index (χ0n) is 17.8. The molecule has 0 fully saturated rings. The molecular weight excluding hydrogens is 428 g/mol. The molecule has 1 aromatic heterocycles. The monoisotopic (exact) mass is 448 g/mol. The second kappa shape index (κ2) is 9.16. The van der Waals surface area contributed by atoms with Crippen LogP contribution in [0.1, 0.15) is 11.4 Å². The fourth-order valence-corrected chi connectivity index (χ4v) is 3.69. The summed E-state index contributed by atoms with van der Waals surface area (Å²) in [6, 6.07) is 17.9. The summed E-state index contributed by atoms with van der Waals surface area (Å²) >= 11 is 6.34. The van der Waals surface area contributed by atoms with Crippen molar-refractivity contribution in [3.8, 4) is 22.9 Å². The van der Waals surface area contributed by atoms with Gasteiger partial charge in [0.25, 0.3) is 5.56 Å². The predicted molar refractivity (Wildman–Crippen MR) is 127 cm³/mol. The molecule has 0 radical (unpaired) electrons. The van der Waals surface area contributed by atoms with Crippen molar-refractivity contribution >= 4 is 34.7 Å². The second-order valence-corrected chi connectivity index (χ2v) is 7.29. The third-order valence-electron chi connectivity index (χ3n) is 5.04. The fraction of sp³-hybridized carbons (Fsp3) is 0.120. The molecule has 4 rings (SSSR count). The summed E-state index contributed by atoms with van der Waals surface area (Å²) in [6.45, 7) is 0. The van der Waals surface area contributed by atoms with E-state index in [9.17, 15) is 4.79 Å². The summed E-state index contributed by atoms with van der Waals surface area (Å²) < 4.78 is 17.5. The van der Waals surface area contributed by atoms with Crippen LogP contribution in [-0.2, 0) is 0 Å². The maximum absolute atomic E-state index is 13.4. The molecule has 6 nitrogen and oxygen atoms in total. The number of para-hydroxylation sites is 1. The van der Waals surface area contributed by atoms with E-state index in [4.69, 9.17) is 30.8 Å². The molecule has 162 valence electrons. The molecule has 7 heteroatoms. The molecule has 0 aliphatic rings. The summed E-state index contributed by atoms with van der Waals surface area (Å²) in [5.41, 5.74) is 1.77. The summed E-state index contributed by atoms with van der Waals surface area (Å²) in [7, 11) is 4.74. The highest BCUT2D eigenvalue weighted by atomic mass is 35.5. The fourth-order valence-electron chi connectivity index (χ4n) is 3.44. The van der Waals surface area contributed by atoms with Gasteiger partial charge in [0.05, 0.1) is 42.9 Å². The van der Waals surface area contributed by atoms with Crippen LogP contribution in [0, 0.1) is 0 Å². The molecule has 0 unspecified atom stereocenters. The van der Waals surface area contributed by atoms with Crippen molar-refractivity contribution in [2.75, 3.05) is 21.3 Å². The van der Waals surface area contributed by atoms with E-state index in [0.29, 0.717) is 44.7 Å². The number of nitrogens with zero attached hydrogens (tertiary/aromatic N) is 2. The van der Waals surface area contributed by atoms with Gasteiger partial charge in [-0.2, -0.15) is 0 Å². The van der Waals surface area contributed by atoms with Crippen LogP contribution in [0.5, 0.6) is 17.2 Å². The van der Waals surface area contributed by atoms with Crippen LogP contribution in [0.25, 0.3) is 28.7 Å². The molecule has 0 atom stereocenters. The highest BCUT2D eigenvalue weighted by Crippen LogP contribution is 2.28. The number of methoxy groups -OCH3 is 3. The maximum atomic E-state index is 13.4. The Labute approximate surface area is 190 Å². The zero-order chi connectivity index (χ0) is 22.7. The van der Waals surface area contributed by atoms with Crippen LogP contribution in [0.4, 0.5) is 0 Å². The maximum Gasteiger partial charge on any atom is 0.266 e. The summed E-state index contributed by atoms with van der Waals surface area (Å²) in [5.74, 6) is 2.33. The summed E-state index contributed by atoms with van der Waals surface area (Å²) in [6.07, 6.45) is 3.60. The normalized spacial score (nSPS) is 11.1. The first-order valence-electron chi connectivity index (χ1n) is 9.81. The van der Waals surface area contributed by atoms with E-state index in [2.05, 4.69) is 0 Å². The van der Waals surface area contributed by atoms with Gasteiger partial charge in [-0.05, 0) is 60.7 Å². The van der Waals surface area contributed by atoms with E-state index in [1.165, 1.54) is 4.57 Å². The molecule has 3 aromatic carbocycles. The zero-order valence-corrected chi connectivity index (χ0v) is 18.6. The van der Waals surface area contributed by atoms with Crippen molar-refractivity contribution < 1.29 is 14.2 Å². The van der Waals surface area contributed by atoms with E-state index in [1.807, 2.05) is 42.5 Å². The molecule has 32 heavy (non-hydrogen) atoms. The van der Waals surface area contributed by atoms with Gasteiger partial charge in [0.2, 0.25) is 0 Å². The Bertz CT molecular complexity index is 1380. The topological polar surface area (TPSA) is 62.6 Å². The molecule has 0 N–H and O–H groups in total. The van der Waals surface area contributed by atoms with Crippen molar-refractivity contribution in [2.24, 2.45) is 0 Å². The Morgan fingerprint density at radius 2 is 1.62 bits per heavy atom. The third-order valence-corrected chi connectivity index (χ3v) is 5.34. The van der Waals surface area contributed by atoms with E-state index >= 15 is 0 Å². The number of benzene rings is 3. The minimum atomic E-state index is -0.200. The van der Waals surface area contributed by atoms with Crippen molar-refractivity contribution in [3.05, 3.63) is 87.4 Å². The number of fused-ring (bicyclic) bond motifs is 1. The number of aromatic nitrogens is 2. The first kappa shape index (κ1) is 21.5. The lowest BCUT2D eigenvalue weighted by atomic mass is 10.1. The Morgan fingerprint density at radius 1 is 0.875 bits per heavy atom. The molecule has 0 spiro atoms. The Hall–Kier alpha value is -3.77. The van der Waals surface area contributed by atoms with Gasteiger partial charge in [-0.1, -0.05) is 23.7 Å². The van der Waals surface area contributed by atoms with Crippen LogP contribution in [0.2, 0.25) is 5.02 Å². The lowest BCUT2D eigenvalue weighted by Crippen LogP contribution is -2.22. The second-order valence-electron chi connectivity index (χ2n) is 6.89. The van der Waals surface area contributed by atoms with E-state index < -0.39 is 0 Å². The van der Waals surface area contributed by atoms with Crippen molar-refractivity contribution in [1.82, 2.24) is 9.55 Å². The van der Waals surface area contributed by atoms with Crippen molar-refractivity contribution in [2.45, 2.75) is 0 Å². The number of ether oxygens (including phenoxy) is 3. The molecule has 4 aromatic rings. The molecule has 0 aliphatic heterocycles. The van der Waals surface area contributed by atoms with Crippen LogP contribution in [0.15, 0.2) is 65.5 Å². The van der Waals surface area contributed by atoms with Crippen LogP contribution >= 0.6 is 11.6 Å². The highest BCUT2D eigenvalue weighted by Gasteiger charge is 2.13. The third kappa shape index (κ3) is 4.05. The van der Waals surface area contributed by atoms with Crippen molar-refractivity contribution in [3.63, 3.8) is 0 Å². The van der Waals surface area contributed by atoms with Crippen molar-refractivity contribution in [1.29, 1.82) is 0 Å². The Kier molecular flexibility index (Phi) is 6.14. The molecule has 1 heterocycles. The van der Waals surface area contributed by atoms with Crippen LogP contribution in [0.3, 0.4) is 0 Å². The first-order valence-corrected chi connectivity index (χ1v) is 10.2. The predicted octanol–water partition coefficient (Wildman–Crippen LogP) is 5.24. The largest absolute Gasteiger partial charge is 0.497 e. The Balaban J connectivity index is 1.93. The number of hydrogen-bond acceptors (Lipinski definition) is 5. The minimum absolute atomic E-state index is 0.200. The SMILES string of the molecule is COc1ccc(OC)c(C=Cc2nc3ccccc3c(=O)n2-c2ccc(OC)c(Cl)c2)c1. The van der Waals surface area contributed by atoms with E-state index in [0.717, 1.165) is 5.56 Å². The molecule has 0 amide bonds. The average molecular weight is 449 g/mol. The molecular formula is C25H21ClN2O4. The van der Waals surface area contributed by atoms with Gasteiger partial charge < -0.3 is 14.2 Å². The lowest BCUT2D eigenvalue weighted by molar-refractivity contribution is 0.402. The van der Waals surface area contributed by atoms with Crippen LogP contribution < -0.4 is 19.8 Å². The van der Waals surface area contributed by atoms with E-state index in [-0.39, 0.29) is 5.56 Å². The van der Waals surface area contributed by atoms with Gasteiger partial charge in [0.1, 0.15) is 23.1 Å². The number of rotatable bonds is 6. The summed E-state index contributed by atoms with van der Waals surface area (Å²) in [5, 5.41) is 0.907. The first-order chi connectivity index (χ1) is 15.5. The van der Waals surface area contributed by atoms with Gasteiger partial charge in [0, 0.05) is 5.56 Å².